The Labute approximate surface area is 259 Å². The van der Waals surface area contributed by atoms with Gasteiger partial charge in [-0.2, -0.15) is 0 Å². The van der Waals surface area contributed by atoms with Gasteiger partial charge in [-0.1, -0.05) is 69.4 Å². The number of benzene rings is 4. The second kappa shape index (κ2) is 9.76. The monoisotopic (exact) mass is 587 g/mol. The molecule has 0 fully saturated rings. The van der Waals surface area contributed by atoms with Crippen molar-refractivity contribution in [2.24, 2.45) is 0 Å². The summed E-state index contributed by atoms with van der Waals surface area (Å²) in [7, 11) is -2.17. The highest BCUT2D eigenvalue weighted by Crippen LogP contribution is 2.51. The van der Waals surface area contributed by atoms with Crippen LogP contribution >= 0.6 is 0 Å². The minimum absolute atomic E-state index is 0.0905. The molecule has 2 aromatic heterocycles. The number of fused-ring (bicyclic) bond motifs is 4. The number of hydrogen-bond acceptors (Lipinski definition) is 4. The molecule has 2 aliphatic rings. The van der Waals surface area contributed by atoms with Gasteiger partial charge in [0, 0.05) is 34.6 Å². The van der Waals surface area contributed by atoms with Crippen LogP contribution in [0.4, 0.5) is 17.1 Å². The van der Waals surface area contributed by atoms with Gasteiger partial charge in [-0.3, -0.25) is 4.98 Å². The Balaban J connectivity index is 1.23. The van der Waals surface area contributed by atoms with Crippen molar-refractivity contribution in [3.8, 4) is 34.0 Å². The Morgan fingerprint density at radius 2 is 1.27 bits per heavy atom. The first-order valence-corrected chi connectivity index (χ1v) is 18.2. The summed E-state index contributed by atoms with van der Waals surface area (Å²) >= 11 is 0. The van der Waals surface area contributed by atoms with Crippen LogP contribution < -0.4 is 20.0 Å². The van der Waals surface area contributed by atoms with Crippen LogP contribution in [0.1, 0.15) is 25.0 Å². The fraction of sp³-hybridized carbons (Fsp3) is 0.128. The molecule has 0 aliphatic carbocycles. The molecular weight excluding hydrogens is 555 g/mol. The van der Waals surface area contributed by atoms with Crippen LogP contribution in [-0.2, 0) is 5.41 Å². The van der Waals surface area contributed by atoms with Crippen LogP contribution in [0.25, 0.3) is 22.5 Å². The minimum atomic E-state index is -2.17. The van der Waals surface area contributed by atoms with Gasteiger partial charge in [0.2, 0.25) is 0 Å². The van der Waals surface area contributed by atoms with E-state index in [0.717, 1.165) is 39.7 Å². The number of hydrogen-bond donors (Lipinski definition) is 0. The Bertz CT molecular complexity index is 2020. The summed E-state index contributed by atoms with van der Waals surface area (Å²) in [6.45, 7) is 9.52. The third kappa shape index (κ3) is 4.04. The van der Waals surface area contributed by atoms with Gasteiger partial charge in [0.05, 0.1) is 22.8 Å². The predicted octanol–water partition coefficient (Wildman–Crippen LogP) is 8.85. The Morgan fingerprint density at radius 1 is 0.636 bits per heavy atom. The summed E-state index contributed by atoms with van der Waals surface area (Å²) in [6.07, 6.45) is 3.65. The Morgan fingerprint density at radius 3 is 1.95 bits per heavy atom. The first-order chi connectivity index (χ1) is 21.3. The summed E-state index contributed by atoms with van der Waals surface area (Å²) in [4.78, 5) is 11.7. The van der Waals surface area contributed by atoms with E-state index in [0.29, 0.717) is 0 Å². The van der Waals surface area contributed by atoms with Crippen molar-refractivity contribution < 1.29 is 4.74 Å². The second-order valence-corrected chi connectivity index (χ2v) is 17.1. The van der Waals surface area contributed by atoms with E-state index in [2.05, 4.69) is 134 Å². The van der Waals surface area contributed by atoms with Crippen LogP contribution in [0.15, 0.2) is 128 Å². The van der Waals surface area contributed by atoms with Gasteiger partial charge in [0.25, 0.3) is 0 Å². The van der Waals surface area contributed by atoms with Crippen molar-refractivity contribution in [1.82, 2.24) is 9.97 Å². The SMILES string of the molecule is CC1(C)c2ccccc2N(c2ccc3c(c2)[Si](C)(C)c2cc(-c4cccc(-c5cccnc5)n4)ccc2O3)c2ccccc21. The fourth-order valence-corrected chi connectivity index (χ4v) is 9.80. The molecule has 4 heterocycles. The van der Waals surface area contributed by atoms with E-state index in [1.54, 1.807) is 6.20 Å². The van der Waals surface area contributed by atoms with Gasteiger partial charge in [0.1, 0.15) is 19.6 Å². The third-order valence-electron chi connectivity index (χ3n) is 9.41. The number of para-hydroxylation sites is 2. The van der Waals surface area contributed by atoms with Crippen molar-refractivity contribution in [3.63, 3.8) is 0 Å². The van der Waals surface area contributed by atoms with Crippen LogP contribution in [0, 0.1) is 0 Å². The molecule has 0 bridgehead atoms. The molecule has 0 saturated carbocycles. The highest BCUT2D eigenvalue weighted by atomic mass is 28.3. The zero-order valence-electron chi connectivity index (χ0n) is 25.4. The lowest BCUT2D eigenvalue weighted by Gasteiger charge is -2.42. The number of nitrogens with zero attached hydrogens (tertiary/aromatic N) is 3. The molecule has 0 N–H and O–H groups in total. The van der Waals surface area contributed by atoms with E-state index in [1.165, 1.54) is 32.9 Å². The summed E-state index contributed by atoms with van der Waals surface area (Å²) in [5, 5.41) is 2.59. The molecule has 5 heteroatoms. The normalized spacial score (nSPS) is 15.3. The first kappa shape index (κ1) is 26.6. The number of ether oxygens (including phenoxy) is 1. The lowest BCUT2D eigenvalue weighted by Crippen LogP contribution is -2.56. The maximum atomic E-state index is 6.60. The minimum Gasteiger partial charge on any atom is -0.458 e. The largest absolute Gasteiger partial charge is 0.458 e. The molecule has 0 unspecified atom stereocenters. The molecule has 4 aromatic carbocycles. The molecule has 4 nitrogen and oxygen atoms in total. The van der Waals surface area contributed by atoms with Crippen LogP contribution in [-0.4, -0.2) is 18.0 Å². The summed E-state index contributed by atoms with van der Waals surface area (Å²) in [5.74, 6) is 1.91. The van der Waals surface area contributed by atoms with Crippen molar-refractivity contribution in [1.29, 1.82) is 0 Å². The molecule has 0 atom stereocenters. The maximum absolute atomic E-state index is 6.60. The van der Waals surface area contributed by atoms with Gasteiger partial charge >= 0.3 is 0 Å². The van der Waals surface area contributed by atoms with Crippen LogP contribution in [0.2, 0.25) is 13.1 Å². The second-order valence-electron chi connectivity index (χ2n) is 12.8. The summed E-state index contributed by atoms with van der Waals surface area (Å²) in [5.41, 5.74) is 10.2. The average Bonchev–Trinajstić information content (AvgIpc) is 3.06. The van der Waals surface area contributed by atoms with Gasteiger partial charge < -0.3 is 9.64 Å². The van der Waals surface area contributed by atoms with E-state index in [1.807, 2.05) is 24.4 Å². The van der Waals surface area contributed by atoms with Crippen LogP contribution in [0.3, 0.4) is 0 Å². The van der Waals surface area contributed by atoms with E-state index in [-0.39, 0.29) is 5.41 Å². The smallest absolute Gasteiger partial charge is 0.127 e. The molecule has 0 radical (unpaired) electrons. The molecule has 44 heavy (non-hydrogen) atoms. The number of pyridine rings is 2. The van der Waals surface area contributed by atoms with Crippen molar-refractivity contribution in [2.75, 3.05) is 4.90 Å². The van der Waals surface area contributed by atoms with E-state index in [4.69, 9.17) is 9.72 Å². The molecular formula is C39H33N3OSi. The number of rotatable bonds is 3. The van der Waals surface area contributed by atoms with Gasteiger partial charge in [-0.15, -0.1) is 0 Å². The van der Waals surface area contributed by atoms with Gasteiger partial charge in [-0.25, -0.2) is 4.98 Å². The van der Waals surface area contributed by atoms with Crippen molar-refractivity contribution in [2.45, 2.75) is 32.4 Å². The maximum Gasteiger partial charge on any atom is 0.127 e. The lowest BCUT2D eigenvalue weighted by atomic mass is 9.73. The van der Waals surface area contributed by atoms with Crippen molar-refractivity contribution >= 4 is 35.5 Å². The zero-order chi connectivity index (χ0) is 30.1. The average molecular weight is 588 g/mol. The number of anilines is 3. The molecule has 0 spiro atoms. The van der Waals surface area contributed by atoms with E-state index >= 15 is 0 Å². The predicted molar refractivity (Wildman–Crippen MR) is 183 cm³/mol. The topological polar surface area (TPSA) is 38.2 Å². The molecule has 6 aromatic rings. The first-order valence-electron chi connectivity index (χ1n) is 15.2. The summed E-state index contributed by atoms with van der Waals surface area (Å²) in [6, 6.07) is 41.1. The quantitative estimate of drug-likeness (QED) is 0.194. The third-order valence-corrected chi connectivity index (χ3v) is 12.9. The lowest BCUT2D eigenvalue weighted by molar-refractivity contribution is 0.487. The Hall–Kier alpha value is -5.00. The molecule has 214 valence electrons. The molecule has 0 amide bonds. The zero-order valence-corrected chi connectivity index (χ0v) is 26.4. The molecule has 2 aliphatic heterocycles. The Kier molecular flexibility index (Phi) is 5.90. The molecule has 0 saturated heterocycles. The summed E-state index contributed by atoms with van der Waals surface area (Å²) < 4.78 is 6.60. The van der Waals surface area contributed by atoms with E-state index < -0.39 is 8.07 Å². The van der Waals surface area contributed by atoms with Gasteiger partial charge in [-0.05, 0) is 94.3 Å². The standard InChI is InChI=1S/C39H33N3OSi/c1-39(2)29-12-5-7-16-33(29)42(34-17-8-6-13-30(34)39)28-19-21-36-38(24-28)44(3,4)37-23-26(18-20-35(37)43-36)31-14-9-15-32(41-31)27-11-10-22-40-25-27/h5-25H,1-4H3. The highest BCUT2D eigenvalue weighted by molar-refractivity contribution is 7.01. The van der Waals surface area contributed by atoms with E-state index in [9.17, 15) is 0 Å². The van der Waals surface area contributed by atoms with Crippen LogP contribution in [0.5, 0.6) is 11.5 Å². The fourth-order valence-electron chi connectivity index (χ4n) is 6.98. The highest BCUT2D eigenvalue weighted by Gasteiger charge is 2.39. The van der Waals surface area contributed by atoms with Gasteiger partial charge in [0.15, 0.2) is 0 Å². The number of aromatic nitrogens is 2. The molecule has 8 rings (SSSR count). The van der Waals surface area contributed by atoms with Crippen molar-refractivity contribution in [3.05, 3.63) is 139 Å².